The van der Waals surface area contributed by atoms with Crippen LogP contribution in [-0.4, -0.2) is 27.6 Å². The Labute approximate surface area is 164 Å². The van der Waals surface area contributed by atoms with Gasteiger partial charge in [-0.15, -0.1) is 0 Å². The van der Waals surface area contributed by atoms with Crippen molar-refractivity contribution in [2.75, 3.05) is 5.32 Å². The molecule has 1 heterocycles. The van der Waals surface area contributed by atoms with Crippen LogP contribution in [-0.2, 0) is 0 Å². The lowest BCUT2D eigenvalue weighted by Gasteiger charge is -2.09. The SMILES string of the molecule is O=C(Nc1cccc(C(=O)NC2CC2)c1)c1ccc(-n2cc(Br)cn2)cc1. The van der Waals surface area contributed by atoms with Gasteiger partial charge in [0.15, 0.2) is 0 Å². The molecule has 0 bridgehead atoms. The molecule has 1 aliphatic carbocycles. The highest BCUT2D eigenvalue weighted by Gasteiger charge is 2.23. The van der Waals surface area contributed by atoms with Gasteiger partial charge >= 0.3 is 0 Å². The molecule has 4 rings (SSSR count). The summed E-state index contributed by atoms with van der Waals surface area (Å²) in [5, 5.41) is 9.99. The van der Waals surface area contributed by atoms with Crippen molar-refractivity contribution in [3.8, 4) is 5.69 Å². The van der Waals surface area contributed by atoms with Gasteiger partial charge in [-0.25, -0.2) is 4.68 Å². The van der Waals surface area contributed by atoms with E-state index >= 15 is 0 Å². The molecular formula is C20H17BrN4O2. The number of halogens is 1. The number of nitrogens with zero attached hydrogens (tertiary/aromatic N) is 2. The average Bonchev–Trinajstić information content (AvgIpc) is 3.39. The van der Waals surface area contributed by atoms with Crippen molar-refractivity contribution in [2.45, 2.75) is 18.9 Å². The Morgan fingerprint density at radius 1 is 1.04 bits per heavy atom. The van der Waals surface area contributed by atoms with E-state index in [9.17, 15) is 9.59 Å². The van der Waals surface area contributed by atoms with Crippen LogP contribution in [0.5, 0.6) is 0 Å². The molecule has 1 aliphatic rings. The molecule has 27 heavy (non-hydrogen) atoms. The third-order valence-electron chi connectivity index (χ3n) is 4.24. The number of aromatic nitrogens is 2. The molecule has 6 nitrogen and oxygen atoms in total. The fourth-order valence-electron chi connectivity index (χ4n) is 2.65. The summed E-state index contributed by atoms with van der Waals surface area (Å²) in [6.07, 6.45) is 5.61. The maximum atomic E-state index is 12.5. The van der Waals surface area contributed by atoms with Crippen molar-refractivity contribution in [1.82, 2.24) is 15.1 Å². The van der Waals surface area contributed by atoms with Gasteiger partial charge in [-0.1, -0.05) is 6.07 Å². The predicted molar refractivity (Wildman–Crippen MR) is 106 cm³/mol. The summed E-state index contributed by atoms with van der Waals surface area (Å²) >= 11 is 3.36. The summed E-state index contributed by atoms with van der Waals surface area (Å²) < 4.78 is 2.60. The van der Waals surface area contributed by atoms with E-state index in [0.717, 1.165) is 23.0 Å². The minimum absolute atomic E-state index is 0.108. The van der Waals surface area contributed by atoms with Crippen LogP contribution in [0.15, 0.2) is 65.4 Å². The van der Waals surface area contributed by atoms with Gasteiger partial charge in [0.05, 0.1) is 16.4 Å². The van der Waals surface area contributed by atoms with Crippen molar-refractivity contribution >= 4 is 33.4 Å². The molecule has 0 spiro atoms. The number of hydrogen-bond acceptors (Lipinski definition) is 3. The van der Waals surface area contributed by atoms with Crippen LogP contribution in [0.2, 0.25) is 0 Å². The molecule has 3 aromatic rings. The fourth-order valence-corrected chi connectivity index (χ4v) is 2.93. The molecule has 0 unspecified atom stereocenters. The maximum Gasteiger partial charge on any atom is 0.255 e. The number of hydrogen-bond donors (Lipinski definition) is 2. The fraction of sp³-hybridized carbons (Fsp3) is 0.150. The van der Waals surface area contributed by atoms with E-state index in [-0.39, 0.29) is 11.8 Å². The van der Waals surface area contributed by atoms with Gasteiger partial charge in [0.1, 0.15) is 0 Å². The van der Waals surface area contributed by atoms with Gasteiger partial charge in [0.2, 0.25) is 0 Å². The van der Waals surface area contributed by atoms with Crippen LogP contribution in [0.1, 0.15) is 33.6 Å². The summed E-state index contributed by atoms with van der Waals surface area (Å²) in [6.45, 7) is 0. The van der Waals surface area contributed by atoms with Crippen LogP contribution in [0, 0.1) is 0 Å². The summed E-state index contributed by atoms with van der Waals surface area (Å²) in [6, 6.07) is 14.4. The molecule has 7 heteroatoms. The smallest absolute Gasteiger partial charge is 0.255 e. The van der Waals surface area contributed by atoms with E-state index in [0.29, 0.717) is 22.9 Å². The standard InChI is InChI=1S/C20H17BrN4O2/c21-15-11-22-25(12-15)18-8-4-13(5-9-18)19(26)24-17-3-1-2-14(10-17)20(27)23-16-6-7-16/h1-5,8-12,16H,6-7H2,(H,23,27)(H,24,26). The third kappa shape index (κ3) is 4.25. The van der Waals surface area contributed by atoms with Crippen molar-refractivity contribution in [1.29, 1.82) is 0 Å². The second kappa shape index (κ2) is 7.36. The Hall–Kier alpha value is -2.93. The largest absolute Gasteiger partial charge is 0.349 e. The van der Waals surface area contributed by atoms with E-state index in [1.54, 1.807) is 47.3 Å². The van der Waals surface area contributed by atoms with E-state index in [1.165, 1.54) is 0 Å². The van der Waals surface area contributed by atoms with E-state index in [4.69, 9.17) is 0 Å². The van der Waals surface area contributed by atoms with E-state index in [2.05, 4.69) is 31.7 Å². The lowest BCUT2D eigenvalue weighted by molar-refractivity contribution is 0.0949. The first-order valence-corrected chi connectivity index (χ1v) is 9.41. The monoisotopic (exact) mass is 424 g/mol. The molecule has 136 valence electrons. The Bertz CT molecular complexity index is 993. The van der Waals surface area contributed by atoms with Gasteiger partial charge in [0, 0.05) is 29.1 Å². The van der Waals surface area contributed by atoms with Crippen LogP contribution < -0.4 is 10.6 Å². The van der Waals surface area contributed by atoms with Crippen LogP contribution in [0.4, 0.5) is 5.69 Å². The first kappa shape index (κ1) is 17.5. The summed E-state index contributed by atoms with van der Waals surface area (Å²) in [4.78, 5) is 24.6. The van der Waals surface area contributed by atoms with Gasteiger partial charge in [-0.3, -0.25) is 9.59 Å². The third-order valence-corrected chi connectivity index (χ3v) is 4.65. The summed E-state index contributed by atoms with van der Waals surface area (Å²) in [7, 11) is 0. The molecule has 1 saturated carbocycles. The van der Waals surface area contributed by atoms with Crippen molar-refractivity contribution in [3.63, 3.8) is 0 Å². The summed E-state index contributed by atoms with van der Waals surface area (Å²) in [5.74, 6) is -0.341. The molecule has 2 N–H and O–H groups in total. The van der Waals surface area contributed by atoms with Crippen LogP contribution in [0.25, 0.3) is 5.69 Å². The van der Waals surface area contributed by atoms with Crippen molar-refractivity contribution in [3.05, 3.63) is 76.5 Å². The summed E-state index contributed by atoms with van der Waals surface area (Å²) in [5.41, 5.74) is 2.51. The first-order valence-electron chi connectivity index (χ1n) is 8.61. The number of nitrogens with one attached hydrogen (secondary N) is 2. The van der Waals surface area contributed by atoms with Crippen molar-refractivity contribution < 1.29 is 9.59 Å². The van der Waals surface area contributed by atoms with E-state index in [1.807, 2.05) is 18.3 Å². The Kier molecular flexibility index (Phi) is 4.77. The molecule has 0 radical (unpaired) electrons. The number of anilines is 1. The predicted octanol–water partition coefficient (Wildman–Crippen LogP) is 3.78. The zero-order valence-electron chi connectivity index (χ0n) is 14.4. The Balaban J connectivity index is 1.44. The highest BCUT2D eigenvalue weighted by Crippen LogP contribution is 2.20. The molecule has 2 aromatic carbocycles. The lowest BCUT2D eigenvalue weighted by Crippen LogP contribution is -2.25. The molecule has 2 amide bonds. The lowest BCUT2D eigenvalue weighted by atomic mass is 10.1. The number of benzene rings is 2. The molecule has 1 fully saturated rings. The normalized spacial score (nSPS) is 13.2. The van der Waals surface area contributed by atoms with E-state index < -0.39 is 0 Å². The van der Waals surface area contributed by atoms with Gasteiger partial charge in [-0.05, 0) is 71.2 Å². The Morgan fingerprint density at radius 2 is 1.81 bits per heavy atom. The average molecular weight is 425 g/mol. The highest BCUT2D eigenvalue weighted by atomic mass is 79.9. The molecule has 0 saturated heterocycles. The number of rotatable bonds is 5. The molecule has 1 aromatic heterocycles. The number of carbonyl (C=O) groups is 2. The van der Waals surface area contributed by atoms with Gasteiger partial charge in [-0.2, -0.15) is 5.10 Å². The zero-order chi connectivity index (χ0) is 18.8. The maximum absolute atomic E-state index is 12.5. The van der Waals surface area contributed by atoms with Crippen molar-refractivity contribution in [2.24, 2.45) is 0 Å². The number of carbonyl (C=O) groups excluding carboxylic acids is 2. The molecular weight excluding hydrogens is 408 g/mol. The number of amides is 2. The molecule has 0 atom stereocenters. The quantitative estimate of drug-likeness (QED) is 0.654. The minimum atomic E-state index is -0.233. The second-order valence-corrected chi connectivity index (χ2v) is 7.35. The minimum Gasteiger partial charge on any atom is -0.349 e. The van der Waals surface area contributed by atoms with Crippen LogP contribution >= 0.6 is 15.9 Å². The topological polar surface area (TPSA) is 76.0 Å². The molecule has 0 aliphatic heterocycles. The van der Waals surface area contributed by atoms with Gasteiger partial charge in [0.25, 0.3) is 11.8 Å². The van der Waals surface area contributed by atoms with Crippen LogP contribution in [0.3, 0.4) is 0 Å². The van der Waals surface area contributed by atoms with Gasteiger partial charge < -0.3 is 10.6 Å². The Morgan fingerprint density at radius 3 is 2.48 bits per heavy atom. The zero-order valence-corrected chi connectivity index (χ0v) is 15.9. The first-order chi connectivity index (χ1) is 13.1. The highest BCUT2D eigenvalue weighted by molar-refractivity contribution is 9.10. The second-order valence-electron chi connectivity index (χ2n) is 6.43.